The lowest BCUT2D eigenvalue weighted by Crippen LogP contribution is -2.46. The molecule has 0 aliphatic carbocycles. The Bertz CT molecular complexity index is 950. The fourth-order valence-electron chi connectivity index (χ4n) is 4.00. The predicted octanol–water partition coefficient (Wildman–Crippen LogP) is 4.19. The zero-order valence-electron chi connectivity index (χ0n) is 16.6. The summed E-state index contributed by atoms with van der Waals surface area (Å²) in [6.45, 7) is 6.18. The number of halogens is 3. The quantitative estimate of drug-likeness (QED) is 0.645. The van der Waals surface area contributed by atoms with Crippen LogP contribution in [0.4, 0.5) is 4.39 Å². The molecule has 1 aliphatic heterocycles. The van der Waals surface area contributed by atoms with Crippen molar-refractivity contribution in [1.29, 1.82) is 0 Å². The van der Waals surface area contributed by atoms with Crippen molar-refractivity contribution in [3.05, 3.63) is 59.7 Å². The van der Waals surface area contributed by atoms with E-state index < -0.39 is 0 Å². The van der Waals surface area contributed by atoms with E-state index in [1.807, 2.05) is 24.3 Å². The van der Waals surface area contributed by atoms with Crippen LogP contribution in [0.1, 0.15) is 24.4 Å². The minimum Gasteiger partial charge on any atom is -0.496 e. The summed E-state index contributed by atoms with van der Waals surface area (Å²) in [5, 5.41) is 3.48. The van der Waals surface area contributed by atoms with Crippen LogP contribution in [0.5, 0.6) is 5.75 Å². The van der Waals surface area contributed by atoms with E-state index >= 15 is 0 Å². The van der Waals surface area contributed by atoms with Gasteiger partial charge in [0.25, 0.3) is 0 Å². The van der Waals surface area contributed by atoms with Gasteiger partial charge in [0, 0.05) is 31.7 Å². The van der Waals surface area contributed by atoms with Crippen LogP contribution in [0.2, 0.25) is 0 Å². The van der Waals surface area contributed by atoms with Gasteiger partial charge in [0.05, 0.1) is 25.2 Å². The first-order valence-electron chi connectivity index (χ1n) is 9.44. The van der Waals surface area contributed by atoms with Gasteiger partial charge < -0.3 is 14.6 Å². The maximum atomic E-state index is 14.2. The molecule has 1 atom stereocenters. The number of aromatic nitrogens is 2. The van der Waals surface area contributed by atoms with Gasteiger partial charge in [-0.1, -0.05) is 24.3 Å². The Balaban J connectivity index is 0.00000150. The van der Waals surface area contributed by atoms with Crippen molar-refractivity contribution >= 4 is 35.8 Å². The number of fused-ring (bicyclic) bond motifs is 1. The highest BCUT2D eigenvalue weighted by Gasteiger charge is 2.27. The summed E-state index contributed by atoms with van der Waals surface area (Å²) in [6.07, 6.45) is 0. The largest absolute Gasteiger partial charge is 0.496 e. The maximum Gasteiger partial charge on any atom is 0.151 e. The van der Waals surface area contributed by atoms with E-state index in [0.29, 0.717) is 12.1 Å². The van der Waals surface area contributed by atoms with Crippen molar-refractivity contribution in [3.63, 3.8) is 0 Å². The van der Waals surface area contributed by atoms with Crippen LogP contribution < -0.4 is 10.1 Å². The third kappa shape index (κ3) is 4.51. The number of aryl methyl sites for hydroxylation is 1. The Morgan fingerprint density at radius 2 is 1.97 bits per heavy atom. The molecule has 3 aromatic rings. The zero-order valence-corrected chi connectivity index (χ0v) is 18.2. The topological polar surface area (TPSA) is 42.3 Å². The van der Waals surface area contributed by atoms with Crippen LogP contribution in [-0.4, -0.2) is 41.2 Å². The van der Waals surface area contributed by atoms with Gasteiger partial charge in [0.1, 0.15) is 17.1 Å². The Morgan fingerprint density at radius 3 is 2.72 bits per heavy atom. The second-order valence-corrected chi connectivity index (χ2v) is 6.81. The van der Waals surface area contributed by atoms with Crippen LogP contribution in [0.25, 0.3) is 11.0 Å². The van der Waals surface area contributed by atoms with E-state index in [1.54, 1.807) is 13.2 Å². The SMILES string of the molecule is CCn1c(CN2CCNCC2c2ccccc2OC)nc2c(F)cccc21.Cl.Cl. The Morgan fingerprint density at radius 1 is 1.17 bits per heavy atom. The minimum absolute atomic E-state index is 0. The number of para-hydroxylation sites is 2. The van der Waals surface area contributed by atoms with Crippen LogP contribution in [0.15, 0.2) is 42.5 Å². The molecule has 1 N–H and O–H groups in total. The standard InChI is InChI=1S/C21H25FN4O.2ClH/c1-3-26-17-9-6-8-16(22)21(17)24-20(26)14-25-12-11-23-13-18(25)15-7-4-5-10-19(15)27-2;;/h4-10,18,23H,3,11-14H2,1-2H3;2*1H. The lowest BCUT2D eigenvalue weighted by molar-refractivity contribution is 0.146. The van der Waals surface area contributed by atoms with E-state index in [0.717, 1.165) is 48.8 Å². The van der Waals surface area contributed by atoms with Crippen LogP contribution in [0.3, 0.4) is 0 Å². The lowest BCUT2D eigenvalue weighted by atomic mass is 10.0. The van der Waals surface area contributed by atoms with E-state index in [9.17, 15) is 4.39 Å². The summed E-state index contributed by atoms with van der Waals surface area (Å²) < 4.78 is 21.9. The Hall–Kier alpha value is -1.86. The molecule has 158 valence electrons. The lowest BCUT2D eigenvalue weighted by Gasteiger charge is -2.36. The molecule has 0 amide bonds. The number of piperazine rings is 1. The third-order valence-corrected chi connectivity index (χ3v) is 5.32. The van der Waals surface area contributed by atoms with Crippen molar-refractivity contribution < 1.29 is 9.13 Å². The Kier molecular flexibility index (Phi) is 8.28. The molecule has 2 aromatic carbocycles. The monoisotopic (exact) mass is 440 g/mol. The molecule has 1 saturated heterocycles. The average Bonchev–Trinajstić information content (AvgIpc) is 3.07. The average molecular weight is 441 g/mol. The van der Waals surface area contributed by atoms with Crippen molar-refractivity contribution in [1.82, 2.24) is 19.8 Å². The van der Waals surface area contributed by atoms with E-state index in [1.165, 1.54) is 6.07 Å². The smallest absolute Gasteiger partial charge is 0.151 e. The van der Waals surface area contributed by atoms with Crippen LogP contribution in [0, 0.1) is 5.82 Å². The number of nitrogens with one attached hydrogen (secondary N) is 1. The molecule has 2 heterocycles. The van der Waals surface area contributed by atoms with Gasteiger partial charge in [-0.2, -0.15) is 0 Å². The van der Waals surface area contributed by atoms with Gasteiger partial charge in [-0.15, -0.1) is 24.8 Å². The second-order valence-electron chi connectivity index (χ2n) is 6.81. The fourth-order valence-corrected chi connectivity index (χ4v) is 4.00. The first-order valence-corrected chi connectivity index (χ1v) is 9.44. The van der Waals surface area contributed by atoms with E-state index in [2.05, 4.69) is 32.8 Å². The molecule has 1 aromatic heterocycles. The molecule has 0 spiro atoms. The number of nitrogens with zero attached hydrogens (tertiary/aromatic N) is 3. The molecule has 1 aliphatic rings. The number of rotatable bonds is 5. The molecule has 1 unspecified atom stereocenters. The highest BCUT2D eigenvalue weighted by molar-refractivity contribution is 5.85. The molecule has 1 fully saturated rings. The molecule has 5 nitrogen and oxygen atoms in total. The normalized spacial score (nSPS) is 16.9. The number of imidazole rings is 1. The molecule has 0 bridgehead atoms. The van der Waals surface area contributed by atoms with Crippen LogP contribution >= 0.6 is 24.8 Å². The molecular formula is C21H27Cl2FN4O. The summed E-state index contributed by atoms with van der Waals surface area (Å²) in [4.78, 5) is 7.04. The van der Waals surface area contributed by atoms with E-state index in [-0.39, 0.29) is 36.7 Å². The first-order chi connectivity index (χ1) is 13.2. The van der Waals surface area contributed by atoms with Crippen molar-refractivity contribution in [2.75, 3.05) is 26.7 Å². The molecule has 4 rings (SSSR count). The number of hydrogen-bond donors (Lipinski definition) is 1. The highest BCUT2D eigenvalue weighted by Crippen LogP contribution is 2.31. The van der Waals surface area contributed by atoms with Crippen molar-refractivity contribution in [2.24, 2.45) is 0 Å². The van der Waals surface area contributed by atoms with Gasteiger partial charge >= 0.3 is 0 Å². The minimum atomic E-state index is -0.262. The van der Waals surface area contributed by atoms with Crippen molar-refractivity contribution in [2.45, 2.75) is 26.1 Å². The Labute approximate surface area is 183 Å². The second kappa shape index (κ2) is 10.3. The number of methoxy groups -OCH3 is 1. The van der Waals surface area contributed by atoms with Crippen LogP contribution in [-0.2, 0) is 13.1 Å². The number of ether oxygens (including phenoxy) is 1. The summed E-state index contributed by atoms with van der Waals surface area (Å²) in [6, 6.07) is 13.5. The maximum absolute atomic E-state index is 14.2. The van der Waals surface area contributed by atoms with Gasteiger partial charge in [0.2, 0.25) is 0 Å². The number of hydrogen-bond acceptors (Lipinski definition) is 4. The molecule has 8 heteroatoms. The van der Waals surface area contributed by atoms with Crippen molar-refractivity contribution in [3.8, 4) is 5.75 Å². The zero-order chi connectivity index (χ0) is 18.8. The van der Waals surface area contributed by atoms with Gasteiger partial charge in [-0.25, -0.2) is 9.37 Å². The van der Waals surface area contributed by atoms with Gasteiger partial charge in [-0.05, 0) is 25.1 Å². The molecule has 0 saturated carbocycles. The van der Waals surface area contributed by atoms with E-state index in [4.69, 9.17) is 4.74 Å². The third-order valence-electron chi connectivity index (χ3n) is 5.32. The van der Waals surface area contributed by atoms with Gasteiger partial charge in [-0.3, -0.25) is 4.90 Å². The summed E-state index contributed by atoms with van der Waals surface area (Å²) >= 11 is 0. The predicted molar refractivity (Wildman–Crippen MR) is 119 cm³/mol. The molecular weight excluding hydrogens is 414 g/mol. The molecule has 0 radical (unpaired) electrons. The molecule has 29 heavy (non-hydrogen) atoms. The highest BCUT2D eigenvalue weighted by atomic mass is 35.5. The summed E-state index contributed by atoms with van der Waals surface area (Å²) in [5.74, 6) is 1.54. The summed E-state index contributed by atoms with van der Waals surface area (Å²) in [5.41, 5.74) is 2.48. The number of benzene rings is 2. The van der Waals surface area contributed by atoms with Gasteiger partial charge in [0.15, 0.2) is 5.82 Å². The first kappa shape index (κ1) is 23.4. The summed E-state index contributed by atoms with van der Waals surface area (Å²) in [7, 11) is 1.71. The fraction of sp³-hybridized carbons (Fsp3) is 0.381.